The van der Waals surface area contributed by atoms with Gasteiger partial charge in [-0.3, -0.25) is 0 Å². The fourth-order valence-corrected chi connectivity index (χ4v) is 8.63. The van der Waals surface area contributed by atoms with Crippen LogP contribution in [0.15, 0.2) is 118 Å². The second kappa shape index (κ2) is 9.35. The highest BCUT2D eigenvalue weighted by Gasteiger charge is 2.30. The lowest BCUT2D eigenvalue weighted by Gasteiger charge is -2.32. The molecule has 0 aliphatic heterocycles. The zero-order chi connectivity index (χ0) is 21.9. The molecule has 32 heavy (non-hydrogen) atoms. The van der Waals surface area contributed by atoms with Crippen molar-refractivity contribution in [2.45, 2.75) is 19.9 Å². The maximum atomic E-state index is 6.67. The van der Waals surface area contributed by atoms with Crippen LogP contribution in [0, 0.1) is 0 Å². The number of hydrogen-bond acceptors (Lipinski definition) is 3. The van der Waals surface area contributed by atoms with Crippen molar-refractivity contribution in [2.24, 2.45) is 0 Å². The average Bonchev–Trinajstić information content (AvgIpc) is 3.00. The van der Waals surface area contributed by atoms with E-state index in [1.807, 2.05) is 36.4 Å². The highest BCUT2D eigenvalue weighted by Crippen LogP contribution is 2.51. The predicted molar refractivity (Wildman–Crippen MR) is 139 cm³/mol. The number of benzene rings is 4. The molecule has 0 fully saturated rings. The molecule has 0 amide bonds. The fourth-order valence-electron chi connectivity index (χ4n) is 3.82. The molecule has 0 aliphatic rings. The van der Waals surface area contributed by atoms with Crippen LogP contribution in [-0.2, 0) is 0 Å². The molecule has 160 valence electrons. The van der Waals surface area contributed by atoms with Crippen molar-refractivity contribution in [2.75, 3.05) is 4.44 Å². The molecule has 0 unspecified atom stereocenters. The van der Waals surface area contributed by atoms with Gasteiger partial charge in [0, 0.05) is 24.9 Å². The summed E-state index contributed by atoms with van der Waals surface area (Å²) in [5, 5.41) is 4.70. The van der Waals surface area contributed by atoms with Crippen LogP contribution in [0.25, 0.3) is 21.9 Å². The maximum Gasteiger partial charge on any atom is 0.314 e. The summed E-state index contributed by atoms with van der Waals surface area (Å²) in [4.78, 5) is 0. The Hall–Kier alpha value is -2.83. The van der Waals surface area contributed by atoms with Crippen LogP contribution < -0.4 is 15.1 Å². The SMILES string of the molecule is CC(C)N(P(c1ccccc1)c1ccccc1)p1oc2ccccc2c2ccccc2o1. The number of fused-ring (bicyclic) bond motifs is 3. The van der Waals surface area contributed by atoms with Crippen molar-refractivity contribution in [3.05, 3.63) is 109 Å². The minimum Gasteiger partial charge on any atom is -0.408 e. The Balaban J connectivity index is 1.81. The molecular weight excluding hydrogens is 432 g/mol. The molecule has 1 aromatic heterocycles. The second-order valence-corrected chi connectivity index (χ2v) is 11.5. The van der Waals surface area contributed by atoms with Gasteiger partial charge in [-0.15, -0.1) is 0 Å². The predicted octanol–water partition coefficient (Wildman–Crippen LogP) is 7.68. The average molecular weight is 457 g/mol. The van der Waals surface area contributed by atoms with E-state index >= 15 is 0 Å². The molecule has 3 nitrogen and oxygen atoms in total. The van der Waals surface area contributed by atoms with Crippen LogP contribution in [0.5, 0.6) is 0 Å². The van der Waals surface area contributed by atoms with Crippen LogP contribution >= 0.6 is 16.2 Å². The summed E-state index contributed by atoms with van der Waals surface area (Å²) in [6, 6.07) is 38.1. The molecule has 4 aromatic carbocycles. The summed E-state index contributed by atoms with van der Waals surface area (Å²) in [5.74, 6) is 0. The van der Waals surface area contributed by atoms with E-state index in [2.05, 4.69) is 91.1 Å². The molecular formula is C27H25NO2P2. The standard InChI is InChI=1S/C27H25NO2P2/c1-21(2)28(31(22-13-5-3-6-14-22)23-15-7-4-8-16-23)32-29-26-19-11-9-17-24(26)25-18-10-12-20-27(25)30-32/h3-21H,1-2H3. The zero-order valence-corrected chi connectivity index (χ0v) is 19.9. The van der Waals surface area contributed by atoms with E-state index in [4.69, 9.17) is 8.39 Å². The monoisotopic (exact) mass is 457 g/mol. The third-order valence-electron chi connectivity index (χ3n) is 5.25. The van der Waals surface area contributed by atoms with Gasteiger partial charge in [-0.1, -0.05) is 97.1 Å². The quantitative estimate of drug-likeness (QED) is 0.254. The van der Waals surface area contributed by atoms with Gasteiger partial charge < -0.3 is 8.39 Å². The summed E-state index contributed by atoms with van der Waals surface area (Å²) in [7, 11) is -2.25. The van der Waals surface area contributed by atoms with E-state index in [9.17, 15) is 0 Å². The molecule has 1 heterocycles. The van der Waals surface area contributed by atoms with Crippen molar-refractivity contribution in [3.8, 4) is 0 Å². The Morgan fingerprint density at radius 3 is 1.44 bits per heavy atom. The van der Waals surface area contributed by atoms with Gasteiger partial charge in [0.2, 0.25) is 0 Å². The lowest BCUT2D eigenvalue weighted by molar-refractivity contribution is 0.629. The van der Waals surface area contributed by atoms with Crippen LogP contribution in [-0.4, -0.2) is 6.04 Å². The van der Waals surface area contributed by atoms with Crippen molar-refractivity contribution in [3.63, 3.8) is 0 Å². The van der Waals surface area contributed by atoms with Crippen LogP contribution in [0.2, 0.25) is 0 Å². The van der Waals surface area contributed by atoms with E-state index in [0.29, 0.717) is 0 Å². The number of hydrogen-bond donors (Lipinski definition) is 0. The molecule has 5 rings (SSSR count). The Kier molecular flexibility index (Phi) is 6.14. The van der Waals surface area contributed by atoms with E-state index in [0.717, 1.165) is 21.9 Å². The lowest BCUT2D eigenvalue weighted by Crippen LogP contribution is -2.31. The Morgan fingerprint density at radius 1 is 0.594 bits per heavy atom. The molecule has 0 N–H and O–H groups in total. The van der Waals surface area contributed by atoms with Gasteiger partial charge in [0.1, 0.15) is 11.2 Å². The first-order chi connectivity index (χ1) is 15.7. The number of para-hydroxylation sites is 2. The molecule has 0 saturated heterocycles. The molecule has 0 aliphatic carbocycles. The molecule has 5 heteroatoms. The normalized spacial score (nSPS) is 11.7. The maximum absolute atomic E-state index is 6.67. The Labute approximate surface area is 190 Å². The smallest absolute Gasteiger partial charge is 0.314 e. The topological polar surface area (TPSA) is 29.5 Å². The van der Waals surface area contributed by atoms with Crippen molar-refractivity contribution in [1.29, 1.82) is 0 Å². The van der Waals surface area contributed by atoms with Gasteiger partial charge in [-0.05, 0) is 36.6 Å². The summed E-state index contributed by atoms with van der Waals surface area (Å²) < 4.78 is 15.8. The van der Waals surface area contributed by atoms with Crippen LogP contribution in [0.4, 0.5) is 0 Å². The molecule has 0 saturated carbocycles. The summed E-state index contributed by atoms with van der Waals surface area (Å²) in [6.45, 7) is 4.44. The first-order valence-electron chi connectivity index (χ1n) is 10.8. The summed E-state index contributed by atoms with van der Waals surface area (Å²) in [6.07, 6.45) is 0. The van der Waals surface area contributed by atoms with Crippen molar-refractivity contribution < 1.29 is 8.39 Å². The molecule has 0 radical (unpaired) electrons. The minimum atomic E-state index is -1.40. The second-order valence-electron chi connectivity index (χ2n) is 7.81. The summed E-state index contributed by atoms with van der Waals surface area (Å²) >= 11 is 0. The van der Waals surface area contributed by atoms with E-state index < -0.39 is 16.2 Å². The first kappa shape index (κ1) is 21.0. The molecule has 5 aromatic rings. The van der Waals surface area contributed by atoms with Gasteiger partial charge in [0.05, 0.1) is 0 Å². The Morgan fingerprint density at radius 2 is 1.00 bits per heavy atom. The van der Waals surface area contributed by atoms with Crippen LogP contribution in [0.3, 0.4) is 0 Å². The highest BCUT2D eigenvalue weighted by molar-refractivity contribution is 7.81. The molecule has 0 atom stereocenters. The third-order valence-corrected chi connectivity index (χ3v) is 10.2. The van der Waals surface area contributed by atoms with Gasteiger partial charge >= 0.3 is 8.16 Å². The summed E-state index contributed by atoms with van der Waals surface area (Å²) in [5.41, 5.74) is 1.73. The number of nitrogens with zero attached hydrogens (tertiary/aromatic N) is 1. The van der Waals surface area contributed by atoms with Crippen molar-refractivity contribution >= 4 is 48.8 Å². The lowest BCUT2D eigenvalue weighted by atomic mass is 10.1. The molecule has 0 bridgehead atoms. The van der Waals surface area contributed by atoms with E-state index in [1.54, 1.807) is 0 Å². The third kappa shape index (κ3) is 4.12. The minimum absolute atomic E-state index is 0.213. The van der Waals surface area contributed by atoms with Gasteiger partial charge in [0.25, 0.3) is 0 Å². The van der Waals surface area contributed by atoms with Crippen LogP contribution in [0.1, 0.15) is 13.8 Å². The largest absolute Gasteiger partial charge is 0.408 e. The zero-order valence-electron chi connectivity index (χ0n) is 18.1. The first-order valence-corrected chi connectivity index (χ1v) is 13.2. The number of rotatable bonds is 5. The van der Waals surface area contributed by atoms with Gasteiger partial charge in [-0.25, -0.2) is 0 Å². The van der Waals surface area contributed by atoms with Gasteiger partial charge in [-0.2, -0.15) is 4.44 Å². The van der Waals surface area contributed by atoms with Gasteiger partial charge in [0.15, 0.2) is 0 Å². The van der Waals surface area contributed by atoms with Crippen molar-refractivity contribution in [1.82, 2.24) is 0 Å². The van der Waals surface area contributed by atoms with E-state index in [1.165, 1.54) is 10.6 Å². The fraction of sp³-hybridized carbons (Fsp3) is 0.111. The highest BCUT2D eigenvalue weighted by atomic mass is 31.2. The van der Waals surface area contributed by atoms with E-state index in [-0.39, 0.29) is 6.04 Å². The Bertz CT molecular complexity index is 1270. The molecule has 0 spiro atoms.